The highest BCUT2D eigenvalue weighted by molar-refractivity contribution is 6.33. The van der Waals surface area contributed by atoms with Crippen LogP contribution in [-0.4, -0.2) is 120 Å². The number of nitrogens with two attached hydrogens (primary N) is 3. The zero-order chi connectivity index (χ0) is 72.1. The summed E-state index contributed by atoms with van der Waals surface area (Å²) in [5, 5.41) is 18.4. The third-order valence-electron chi connectivity index (χ3n) is 14.3. The van der Waals surface area contributed by atoms with Gasteiger partial charge in [0.25, 0.3) is 0 Å². The largest absolute Gasteiger partial charge is 0.494 e. The molecule has 0 radical (unpaired) electrons. The number of anilines is 10. The van der Waals surface area contributed by atoms with E-state index in [0.29, 0.717) is 64.7 Å². The van der Waals surface area contributed by atoms with Gasteiger partial charge in [-0.05, 0) is 163 Å². The van der Waals surface area contributed by atoms with Crippen molar-refractivity contribution in [1.29, 1.82) is 0 Å². The highest BCUT2D eigenvalue weighted by atomic mass is 35.5. The molecule has 3 saturated carbocycles. The summed E-state index contributed by atoms with van der Waals surface area (Å²) in [7, 11) is 7.40. The van der Waals surface area contributed by atoms with Crippen LogP contribution >= 0.6 is 69.6 Å². The molecule has 25 nitrogen and oxygen atoms in total. The van der Waals surface area contributed by atoms with Gasteiger partial charge in [-0.1, -0.05) is 84.0 Å². The lowest BCUT2D eigenvalue weighted by atomic mass is 10.1. The van der Waals surface area contributed by atoms with E-state index >= 15 is 0 Å². The second kappa shape index (κ2) is 45.0. The van der Waals surface area contributed by atoms with Crippen molar-refractivity contribution in [2.24, 2.45) is 11.5 Å². The fourth-order valence-corrected chi connectivity index (χ4v) is 10.7. The first-order valence-electron chi connectivity index (χ1n) is 31.7. The van der Waals surface area contributed by atoms with E-state index in [-0.39, 0.29) is 66.6 Å². The minimum atomic E-state index is -0.506. The molecule has 0 atom stereocenters. The lowest BCUT2D eigenvalue weighted by Crippen LogP contribution is -2.21. The number of nitrogens with one attached hydrogen (secondary N) is 6. The molecule has 3 fully saturated rings. The molecule has 0 amide bonds. The van der Waals surface area contributed by atoms with Crippen LogP contribution in [0.1, 0.15) is 122 Å². The van der Waals surface area contributed by atoms with E-state index in [1.165, 1.54) is 161 Å². The summed E-state index contributed by atoms with van der Waals surface area (Å²) in [6.07, 6.45) is 22.4. The summed E-state index contributed by atoms with van der Waals surface area (Å²) in [6.45, 7) is 2.65. The third kappa shape index (κ3) is 31.5. The first-order chi connectivity index (χ1) is 47.6. The molecular formula is C64H83Cl6F4N21O4. The van der Waals surface area contributed by atoms with Crippen LogP contribution in [0.3, 0.4) is 0 Å². The van der Waals surface area contributed by atoms with Gasteiger partial charge in [-0.3, -0.25) is 0 Å². The second-order valence-electron chi connectivity index (χ2n) is 21.8. The maximum absolute atomic E-state index is 13.9. The monoisotopic (exact) mass is 1500 g/mol. The van der Waals surface area contributed by atoms with Crippen molar-refractivity contribution in [3.05, 3.63) is 128 Å². The van der Waals surface area contributed by atoms with Gasteiger partial charge in [-0.2, -0.15) is 59.8 Å². The molecule has 8 aromatic rings. The van der Waals surface area contributed by atoms with Crippen molar-refractivity contribution in [1.82, 2.24) is 59.8 Å². The quantitative estimate of drug-likeness (QED) is 0.0261. The molecule has 0 saturated heterocycles. The molecule has 35 heteroatoms. The van der Waals surface area contributed by atoms with Gasteiger partial charge in [-0.15, -0.1) is 0 Å². The first kappa shape index (κ1) is 81.8. The average Bonchev–Trinajstić information content (AvgIpc) is 1.08. The maximum Gasteiger partial charge on any atom is 0.233 e. The van der Waals surface area contributed by atoms with E-state index in [0.717, 1.165) is 32.2 Å². The fourth-order valence-electron chi connectivity index (χ4n) is 9.59. The van der Waals surface area contributed by atoms with E-state index in [4.69, 9.17) is 101 Å². The third-order valence-corrected chi connectivity index (χ3v) is 15.3. The van der Waals surface area contributed by atoms with Gasteiger partial charge in [-0.25, -0.2) is 17.6 Å². The Balaban J connectivity index is 0.000000224. The molecule has 12 N–H and O–H groups in total. The number of hydrogen-bond acceptors (Lipinski definition) is 25. The Morgan fingerprint density at radius 3 is 0.980 bits per heavy atom. The van der Waals surface area contributed by atoms with Crippen molar-refractivity contribution >= 4 is 128 Å². The first-order valence-corrected chi connectivity index (χ1v) is 33.9. The predicted molar refractivity (Wildman–Crippen MR) is 386 cm³/mol. The lowest BCUT2D eigenvalue weighted by molar-refractivity contribution is 0.386. The van der Waals surface area contributed by atoms with E-state index < -0.39 is 23.3 Å². The zero-order valence-electron chi connectivity index (χ0n) is 55.6. The normalized spacial score (nSPS) is 13.8. The van der Waals surface area contributed by atoms with Crippen LogP contribution in [0.4, 0.5) is 76.0 Å². The number of hydrogen-bond donors (Lipinski definition) is 9. The second-order valence-corrected chi connectivity index (χ2v) is 23.8. The Morgan fingerprint density at radius 2 is 0.646 bits per heavy atom. The molecule has 4 heterocycles. The van der Waals surface area contributed by atoms with Gasteiger partial charge in [0.2, 0.25) is 67.4 Å². The molecule has 4 aromatic carbocycles. The Morgan fingerprint density at radius 1 is 0.384 bits per heavy atom. The Bertz CT molecular complexity index is 3630. The summed E-state index contributed by atoms with van der Waals surface area (Å²) in [4.78, 5) is 47.2. The fraction of sp³-hybridized carbons (Fsp3) is 0.438. The Labute approximate surface area is 603 Å². The van der Waals surface area contributed by atoms with Crippen LogP contribution in [0, 0.1) is 23.3 Å². The molecule has 0 bridgehead atoms. The van der Waals surface area contributed by atoms with Gasteiger partial charge < -0.3 is 68.0 Å². The van der Waals surface area contributed by atoms with Crippen molar-refractivity contribution in [2.45, 2.75) is 141 Å². The lowest BCUT2D eigenvalue weighted by Gasteiger charge is -2.17. The van der Waals surface area contributed by atoms with Crippen molar-refractivity contribution in [2.75, 3.05) is 79.7 Å². The Hall–Kier alpha value is -7.90. The van der Waals surface area contributed by atoms with Gasteiger partial charge in [0.15, 0.2) is 46.3 Å². The van der Waals surface area contributed by atoms with Gasteiger partial charge in [0.1, 0.15) is 0 Å². The Kier molecular flexibility index (Phi) is 37.2. The van der Waals surface area contributed by atoms with Gasteiger partial charge >= 0.3 is 0 Å². The molecule has 0 unspecified atom stereocenters. The molecule has 0 aliphatic heterocycles. The van der Waals surface area contributed by atoms with Crippen LogP contribution in [0.15, 0.2) is 72.8 Å². The minimum absolute atomic E-state index is 0.000000000000000444. The highest BCUT2D eigenvalue weighted by Crippen LogP contribution is 2.29. The standard InChI is InChI=1S/C18H25FN6O.C17H21ClFN5O.C10H7Cl2FN4O.C7H8FNO.C7H15N.C3Cl3N3.C2H7N/c1-20-16-23-17(21-12-7-5-3-4-6-8-12)25-18(24-16)22-13-9-10-15(26-2)14(19)11-13;1-25-14-9-8-12(10-13(14)19)21-17-23-15(18)22-16(24-17)20-11-6-4-2-3-5-7-11;1-18-7-3-2-5(4-6(7)13)14-10-16-8(11)15-9(12)17-10;1-10-7-3-2-5(9)4-6(7)8;8-7-5-3-1-2-4-6-7;4-1-7-2(5)9-3(6)8-1;1-2-3/h9-12H,3-8H2,1-2H3,(H3,20,21,22,23,24,25);8-11H,2-7H2,1H3,(H2,20,21,22,23,24);2-4H,1H3,(H,14,15,16,17);2-4H,9H2,1H3;7H,1-6,8H2;;2-3H2,1H3. The summed E-state index contributed by atoms with van der Waals surface area (Å²) in [5.74, 6) is 1.03. The van der Waals surface area contributed by atoms with E-state index in [2.05, 4.69) is 96.4 Å². The molecule has 3 aliphatic rings. The molecular weight excluding hydrogens is 1420 g/mol. The number of aromatic nitrogens is 12. The number of rotatable bonds is 15. The summed E-state index contributed by atoms with van der Waals surface area (Å²) >= 11 is 33.2. The number of ether oxygens (including phenoxy) is 4. The predicted octanol–water partition coefficient (Wildman–Crippen LogP) is 16.4. The summed E-state index contributed by atoms with van der Waals surface area (Å²) in [6, 6.07) is 19.0. The van der Waals surface area contributed by atoms with E-state index in [1.54, 1.807) is 37.4 Å². The molecule has 0 spiro atoms. The van der Waals surface area contributed by atoms with Crippen LogP contribution < -0.4 is 68.0 Å². The van der Waals surface area contributed by atoms with Crippen molar-refractivity contribution < 1.29 is 36.5 Å². The molecule has 538 valence electrons. The minimum Gasteiger partial charge on any atom is -0.494 e. The number of methoxy groups -OCH3 is 4. The number of nitrogen functional groups attached to an aromatic ring is 1. The van der Waals surface area contributed by atoms with Crippen LogP contribution in [0.5, 0.6) is 23.0 Å². The van der Waals surface area contributed by atoms with E-state index in [1.807, 2.05) is 6.92 Å². The van der Waals surface area contributed by atoms with Gasteiger partial charge in [0.05, 0.1) is 28.4 Å². The van der Waals surface area contributed by atoms with Crippen LogP contribution in [0.25, 0.3) is 0 Å². The SMILES string of the molecule is CCN.CNc1nc(Nc2ccc(OC)c(F)c2)nc(NC2CCCCCC2)n1.COc1ccc(N)cc1F.COc1ccc(Nc2nc(Cl)nc(Cl)n2)cc1F.COc1ccc(Nc2nc(Cl)nc(NC3CCCCCC3)n2)cc1F.Clc1nc(Cl)nc(Cl)n1.NC1CCCCCC1. The van der Waals surface area contributed by atoms with Crippen LogP contribution in [0.2, 0.25) is 31.7 Å². The summed E-state index contributed by atoms with van der Waals surface area (Å²) < 4.78 is 73.1. The van der Waals surface area contributed by atoms with Crippen LogP contribution in [-0.2, 0) is 0 Å². The summed E-state index contributed by atoms with van der Waals surface area (Å²) in [5.41, 5.74) is 17.7. The maximum atomic E-state index is 13.9. The number of benzene rings is 4. The van der Waals surface area contributed by atoms with E-state index in [9.17, 15) is 17.6 Å². The highest BCUT2D eigenvalue weighted by Gasteiger charge is 2.18. The molecule has 3 aliphatic carbocycles. The molecule has 4 aromatic heterocycles. The van der Waals surface area contributed by atoms with Gasteiger partial charge in [0, 0.05) is 72.2 Å². The molecule has 99 heavy (non-hydrogen) atoms. The topological polar surface area (TPSA) is 342 Å². The van der Waals surface area contributed by atoms with Crippen molar-refractivity contribution in [3.63, 3.8) is 0 Å². The van der Waals surface area contributed by atoms with Crippen molar-refractivity contribution in [3.8, 4) is 23.0 Å². The smallest absolute Gasteiger partial charge is 0.233 e. The average molecular weight is 1500 g/mol. The number of halogens is 10. The molecule has 11 rings (SSSR count). The zero-order valence-corrected chi connectivity index (χ0v) is 60.1. The number of nitrogens with zero attached hydrogens (tertiary/aromatic N) is 12.